The van der Waals surface area contributed by atoms with Gasteiger partial charge >= 0.3 is 6.18 Å². The number of hydrogen-bond acceptors (Lipinski definition) is 8. The first kappa shape index (κ1) is 27.5. The predicted octanol–water partition coefficient (Wildman–Crippen LogP) is 5.15. The van der Waals surface area contributed by atoms with Crippen molar-refractivity contribution < 1.29 is 23.0 Å². The summed E-state index contributed by atoms with van der Waals surface area (Å²) in [4.78, 5) is 20.9. The highest BCUT2D eigenvalue weighted by molar-refractivity contribution is 5.85. The molecule has 4 heterocycles. The first-order valence-corrected chi connectivity index (χ1v) is 13.5. The number of aromatic hydroxyl groups is 1. The van der Waals surface area contributed by atoms with Crippen LogP contribution in [0.25, 0.3) is 22.6 Å². The van der Waals surface area contributed by atoms with Crippen molar-refractivity contribution in [2.24, 2.45) is 0 Å². The van der Waals surface area contributed by atoms with Crippen molar-refractivity contribution in [3.63, 3.8) is 0 Å². The number of ether oxygens (including phenoxy) is 1. The van der Waals surface area contributed by atoms with Gasteiger partial charge in [-0.25, -0.2) is 19.9 Å². The summed E-state index contributed by atoms with van der Waals surface area (Å²) in [6.45, 7) is 3.69. The number of halogens is 3. The molecule has 0 aliphatic carbocycles. The smallest absolute Gasteiger partial charge is 0.416 e. The molecule has 1 fully saturated rings. The molecule has 1 aliphatic heterocycles. The van der Waals surface area contributed by atoms with E-state index in [4.69, 9.17) is 14.7 Å². The second kappa shape index (κ2) is 11.6. The Morgan fingerprint density at radius 2 is 1.62 bits per heavy atom. The highest BCUT2D eigenvalue weighted by Crippen LogP contribution is 2.30. The quantitative estimate of drug-likeness (QED) is 0.262. The van der Waals surface area contributed by atoms with Gasteiger partial charge in [0.1, 0.15) is 17.1 Å². The fourth-order valence-electron chi connectivity index (χ4n) is 4.79. The lowest BCUT2D eigenvalue weighted by molar-refractivity contribution is -0.137. The molecule has 1 saturated heterocycles. The molecule has 12 heteroatoms. The number of nitrogens with zero attached hydrogens (tertiary/aromatic N) is 6. The van der Waals surface area contributed by atoms with Crippen LogP contribution in [-0.4, -0.2) is 62.5 Å². The first-order valence-electron chi connectivity index (χ1n) is 13.5. The molecule has 0 amide bonds. The van der Waals surface area contributed by atoms with E-state index in [0.717, 1.165) is 42.2 Å². The minimum Gasteiger partial charge on any atom is -0.508 e. The number of pyridine rings is 1. The summed E-state index contributed by atoms with van der Waals surface area (Å²) < 4.78 is 46.4. The number of phenolic OH excluding ortho intramolecular Hbond substituents is 1. The van der Waals surface area contributed by atoms with Crippen molar-refractivity contribution in [2.75, 3.05) is 43.1 Å². The fraction of sp³-hybridized carbons (Fsp3) is 0.267. The van der Waals surface area contributed by atoms with Crippen molar-refractivity contribution in [3.8, 4) is 17.1 Å². The molecule has 3 aromatic heterocycles. The van der Waals surface area contributed by atoms with E-state index in [9.17, 15) is 18.3 Å². The number of rotatable bonds is 8. The van der Waals surface area contributed by atoms with E-state index in [-0.39, 0.29) is 12.3 Å². The van der Waals surface area contributed by atoms with Crippen molar-refractivity contribution in [1.82, 2.24) is 24.5 Å². The van der Waals surface area contributed by atoms with E-state index in [0.29, 0.717) is 54.5 Å². The van der Waals surface area contributed by atoms with Gasteiger partial charge in [-0.1, -0.05) is 24.3 Å². The Balaban J connectivity index is 1.30. The van der Waals surface area contributed by atoms with Crippen LogP contribution in [-0.2, 0) is 23.9 Å². The third-order valence-electron chi connectivity index (χ3n) is 7.08. The lowest BCUT2D eigenvalue weighted by atomic mass is 10.1. The standard InChI is InChI=1S/C30H28F3N7O2/c31-30(32,33)23-6-1-21(2-7-23)18-40-19-36-26-28(34-12-11-20-3-8-24(41)9-4-20)37-27(38-29(26)40)22-5-10-25(35-17-22)39-13-15-42-16-14-39/h1-10,17,19,41H,11-16,18H2,(H,34,37,38). The maximum atomic E-state index is 13.1. The fourth-order valence-corrected chi connectivity index (χ4v) is 4.79. The zero-order valence-electron chi connectivity index (χ0n) is 22.6. The minimum absolute atomic E-state index is 0.209. The Kier molecular flexibility index (Phi) is 7.62. The van der Waals surface area contributed by atoms with E-state index < -0.39 is 11.7 Å². The summed E-state index contributed by atoms with van der Waals surface area (Å²) in [6.07, 6.45) is -0.355. The number of alkyl halides is 3. The number of fused-ring (bicyclic) bond motifs is 1. The number of anilines is 2. The van der Waals surface area contributed by atoms with Crippen LogP contribution in [0.1, 0.15) is 16.7 Å². The average molecular weight is 576 g/mol. The number of phenols is 1. The summed E-state index contributed by atoms with van der Waals surface area (Å²) in [5, 5.41) is 12.9. The predicted molar refractivity (Wildman–Crippen MR) is 152 cm³/mol. The van der Waals surface area contributed by atoms with Crippen LogP contribution in [0.5, 0.6) is 5.75 Å². The van der Waals surface area contributed by atoms with E-state index >= 15 is 0 Å². The van der Waals surface area contributed by atoms with E-state index in [1.807, 2.05) is 24.3 Å². The van der Waals surface area contributed by atoms with Gasteiger partial charge in [0, 0.05) is 31.4 Å². The van der Waals surface area contributed by atoms with Crippen LogP contribution in [0, 0.1) is 0 Å². The van der Waals surface area contributed by atoms with Crippen LogP contribution in [0.15, 0.2) is 73.2 Å². The van der Waals surface area contributed by atoms with Gasteiger partial charge in [0.2, 0.25) is 0 Å². The number of morpholine rings is 1. The average Bonchev–Trinajstić information content (AvgIpc) is 3.41. The summed E-state index contributed by atoms with van der Waals surface area (Å²) in [7, 11) is 0. The van der Waals surface area contributed by atoms with Gasteiger partial charge in [-0.2, -0.15) is 13.2 Å². The Morgan fingerprint density at radius 1 is 0.881 bits per heavy atom. The monoisotopic (exact) mass is 575 g/mol. The molecule has 0 radical (unpaired) electrons. The highest BCUT2D eigenvalue weighted by Gasteiger charge is 2.30. The minimum atomic E-state index is -4.39. The summed E-state index contributed by atoms with van der Waals surface area (Å²) >= 11 is 0. The van der Waals surface area contributed by atoms with Crippen molar-refractivity contribution in [3.05, 3.63) is 89.9 Å². The summed E-state index contributed by atoms with van der Waals surface area (Å²) in [5.41, 5.74) is 2.85. The second-order valence-electron chi connectivity index (χ2n) is 9.98. The zero-order valence-corrected chi connectivity index (χ0v) is 22.6. The number of benzene rings is 2. The molecule has 6 rings (SSSR count). The Labute approximate surface area is 239 Å². The van der Waals surface area contributed by atoms with Gasteiger partial charge in [0.05, 0.1) is 31.6 Å². The second-order valence-corrected chi connectivity index (χ2v) is 9.98. The van der Waals surface area contributed by atoms with E-state index in [1.54, 1.807) is 29.2 Å². The molecule has 0 unspecified atom stereocenters. The number of aromatic nitrogens is 5. The molecular formula is C30H28F3N7O2. The Morgan fingerprint density at radius 3 is 2.31 bits per heavy atom. The van der Waals surface area contributed by atoms with Gasteiger partial charge in [0.15, 0.2) is 17.3 Å². The maximum absolute atomic E-state index is 13.1. The molecule has 0 spiro atoms. The van der Waals surface area contributed by atoms with Crippen molar-refractivity contribution >= 4 is 22.8 Å². The number of imidazole rings is 1. The topological polar surface area (TPSA) is 101 Å². The Bertz CT molecular complexity index is 1650. The van der Waals surface area contributed by atoms with Crippen LogP contribution < -0.4 is 10.2 Å². The molecule has 1 aliphatic rings. The lowest BCUT2D eigenvalue weighted by Crippen LogP contribution is -2.36. The van der Waals surface area contributed by atoms with Gasteiger partial charge in [-0.15, -0.1) is 0 Å². The molecule has 2 N–H and O–H groups in total. The van der Waals surface area contributed by atoms with Crippen molar-refractivity contribution in [1.29, 1.82) is 0 Å². The maximum Gasteiger partial charge on any atom is 0.416 e. The van der Waals surface area contributed by atoms with Gasteiger partial charge in [0.25, 0.3) is 0 Å². The molecule has 0 atom stereocenters. The summed E-state index contributed by atoms with van der Waals surface area (Å²) in [5.74, 6) is 2.05. The summed E-state index contributed by atoms with van der Waals surface area (Å²) in [6, 6.07) is 15.9. The SMILES string of the molecule is Oc1ccc(CCNc2nc(-c3ccc(N4CCOCC4)nc3)nc3c2ncn3Cc2ccc(C(F)(F)F)cc2)cc1. The first-order chi connectivity index (χ1) is 20.3. The van der Waals surface area contributed by atoms with E-state index in [2.05, 4.69) is 20.2 Å². The van der Waals surface area contributed by atoms with Crippen molar-refractivity contribution in [2.45, 2.75) is 19.1 Å². The molecular weight excluding hydrogens is 547 g/mol. The lowest BCUT2D eigenvalue weighted by Gasteiger charge is -2.27. The molecule has 0 saturated carbocycles. The Hall–Kier alpha value is -4.71. The molecule has 2 aromatic carbocycles. The number of hydrogen-bond donors (Lipinski definition) is 2. The van der Waals surface area contributed by atoms with Crippen LogP contribution >= 0.6 is 0 Å². The third-order valence-corrected chi connectivity index (χ3v) is 7.08. The van der Waals surface area contributed by atoms with Gasteiger partial charge < -0.3 is 24.6 Å². The normalized spacial score (nSPS) is 13.9. The zero-order chi connectivity index (χ0) is 29.1. The third kappa shape index (κ3) is 6.13. The van der Waals surface area contributed by atoms with Crippen LogP contribution in [0.3, 0.4) is 0 Å². The van der Waals surface area contributed by atoms with Gasteiger partial charge in [-0.3, -0.25) is 0 Å². The van der Waals surface area contributed by atoms with Crippen LogP contribution in [0.2, 0.25) is 0 Å². The highest BCUT2D eigenvalue weighted by atomic mass is 19.4. The molecule has 0 bridgehead atoms. The molecule has 216 valence electrons. The molecule has 9 nitrogen and oxygen atoms in total. The van der Waals surface area contributed by atoms with Gasteiger partial charge in [-0.05, 0) is 53.9 Å². The van der Waals surface area contributed by atoms with Crippen LogP contribution in [0.4, 0.5) is 24.8 Å². The van der Waals surface area contributed by atoms with E-state index in [1.165, 1.54) is 12.1 Å². The largest absolute Gasteiger partial charge is 0.508 e. The number of nitrogens with one attached hydrogen (secondary N) is 1. The molecule has 42 heavy (non-hydrogen) atoms. The molecule has 5 aromatic rings.